The van der Waals surface area contributed by atoms with Crippen LogP contribution in [0.3, 0.4) is 0 Å². The van der Waals surface area contributed by atoms with Crippen LogP contribution in [0, 0.1) is 11.6 Å². The summed E-state index contributed by atoms with van der Waals surface area (Å²) in [4.78, 5) is 31.6. The summed E-state index contributed by atoms with van der Waals surface area (Å²) in [5, 5.41) is 2.94. The van der Waals surface area contributed by atoms with Gasteiger partial charge < -0.3 is 4.98 Å². The van der Waals surface area contributed by atoms with Crippen LogP contribution in [-0.4, -0.2) is 15.9 Å². The number of carbonyl (C=O) groups excluding carboxylic acids is 1. The van der Waals surface area contributed by atoms with Gasteiger partial charge in [0.15, 0.2) is 5.13 Å². The van der Waals surface area contributed by atoms with Gasteiger partial charge in [-0.15, -0.1) is 0 Å². The van der Waals surface area contributed by atoms with Crippen LogP contribution in [0.25, 0.3) is 21.1 Å². The lowest BCUT2D eigenvalue weighted by molar-refractivity contribution is 0.102. The summed E-state index contributed by atoms with van der Waals surface area (Å²) in [5.41, 5.74) is -0.527. The molecule has 0 fully saturated rings. The van der Waals surface area contributed by atoms with E-state index in [4.69, 9.17) is 11.6 Å². The topological polar surface area (TPSA) is 74.8 Å². The molecule has 0 aliphatic carbocycles. The molecule has 0 unspecified atom stereocenters. The molecule has 0 aliphatic heterocycles. The van der Waals surface area contributed by atoms with E-state index in [0.717, 1.165) is 17.0 Å². The number of halogens is 3. The minimum Gasteiger partial charge on any atom is -0.360 e. The normalized spacial score (nSPS) is 11.2. The molecule has 1 amide bonds. The fourth-order valence-corrected chi connectivity index (χ4v) is 3.69. The Morgan fingerprint density at radius 3 is 2.85 bits per heavy atom. The van der Waals surface area contributed by atoms with E-state index < -0.39 is 23.0 Å². The number of anilines is 1. The highest BCUT2D eigenvalue weighted by Crippen LogP contribution is 2.28. The lowest BCUT2D eigenvalue weighted by atomic mass is 10.1. The van der Waals surface area contributed by atoms with Crippen LogP contribution in [0.5, 0.6) is 0 Å². The first kappa shape index (κ1) is 16.6. The first-order valence-electron chi connectivity index (χ1n) is 7.30. The predicted octanol–water partition coefficient (Wildman–Crippen LogP) is 4.32. The number of nitrogens with one attached hydrogen (secondary N) is 2. The Balaban J connectivity index is 1.73. The van der Waals surface area contributed by atoms with Crippen molar-refractivity contribution in [1.29, 1.82) is 0 Å². The van der Waals surface area contributed by atoms with E-state index in [1.54, 1.807) is 18.2 Å². The quantitative estimate of drug-likeness (QED) is 0.534. The molecule has 0 atom stereocenters. The molecule has 0 saturated heterocycles. The van der Waals surface area contributed by atoms with Gasteiger partial charge in [-0.3, -0.25) is 14.9 Å². The Morgan fingerprint density at radius 2 is 2.04 bits per heavy atom. The van der Waals surface area contributed by atoms with Crippen LogP contribution in [0.4, 0.5) is 13.9 Å². The number of thiazole rings is 1. The number of rotatable bonds is 2. The van der Waals surface area contributed by atoms with E-state index in [0.29, 0.717) is 16.6 Å². The minimum absolute atomic E-state index is 0.0290. The third kappa shape index (κ3) is 2.83. The summed E-state index contributed by atoms with van der Waals surface area (Å²) in [6.07, 6.45) is 1.11. The second-order valence-corrected chi connectivity index (χ2v) is 6.89. The average Bonchev–Trinajstić information content (AvgIpc) is 2.95. The molecule has 0 aliphatic rings. The molecule has 130 valence electrons. The first-order valence-corrected chi connectivity index (χ1v) is 8.50. The SMILES string of the molecule is O=C(Nc1nc2ccc(Cl)cc2s1)c1c[nH]c2cc(F)cc(F)c2c1=O. The maximum Gasteiger partial charge on any atom is 0.262 e. The molecule has 0 spiro atoms. The maximum absolute atomic E-state index is 13.9. The van der Waals surface area contributed by atoms with E-state index in [9.17, 15) is 18.4 Å². The number of aromatic amines is 1. The van der Waals surface area contributed by atoms with E-state index in [1.165, 1.54) is 11.3 Å². The summed E-state index contributed by atoms with van der Waals surface area (Å²) < 4.78 is 28.0. The highest BCUT2D eigenvalue weighted by molar-refractivity contribution is 7.22. The molecule has 0 saturated carbocycles. The van der Waals surface area contributed by atoms with Gasteiger partial charge in [-0.05, 0) is 24.3 Å². The van der Waals surface area contributed by atoms with Crippen LogP contribution < -0.4 is 10.7 Å². The lowest BCUT2D eigenvalue weighted by Crippen LogP contribution is -2.22. The molecule has 4 rings (SSSR count). The number of H-pyrrole nitrogens is 1. The minimum atomic E-state index is -1.04. The summed E-state index contributed by atoms with van der Waals surface area (Å²) in [6, 6.07) is 6.66. The van der Waals surface area contributed by atoms with E-state index >= 15 is 0 Å². The van der Waals surface area contributed by atoms with Crippen molar-refractivity contribution in [2.45, 2.75) is 0 Å². The molecule has 0 bridgehead atoms. The molecule has 2 aromatic carbocycles. The zero-order valence-corrected chi connectivity index (χ0v) is 14.3. The molecule has 2 heterocycles. The third-order valence-corrected chi connectivity index (χ3v) is 4.88. The lowest BCUT2D eigenvalue weighted by Gasteiger charge is -2.04. The molecular weight excluding hydrogens is 384 g/mol. The monoisotopic (exact) mass is 391 g/mol. The predicted molar refractivity (Wildman–Crippen MR) is 97.1 cm³/mol. The summed E-state index contributed by atoms with van der Waals surface area (Å²) in [7, 11) is 0. The van der Waals surface area contributed by atoms with Gasteiger partial charge in [0.25, 0.3) is 5.91 Å². The van der Waals surface area contributed by atoms with Crippen molar-refractivity contribution in [2.24, 2.45) is 0 Å². The fourth-order valence-electron chi connectivity index (χ4n) is 2.55. The van der Waals surface area contributed by atoms with Gasteiger partial charge in [-0.25, -0.2) is 13.8 Å². The van der Waals surface area contributed by atoms with Gasteiger partial charge in [0.1, 0.15) is 17.2 Å². The van der Waals surface area contributed by atoms with Crippen molar-refractivity contribution in [3.8, 4) is 0 Å². The second-order valence-electron chi connectivity index (χ2n) is 5.43. The van der Waals surface area contributed by atoms with E-state index in [1.807, 2.05) is 0 Å². The number of hydrogen-bond donors (Lipinski definition) is 2. The number of benzene rings is 2. The van der Waals surface area contributed by atoms with Crippen LogP contribution in [0.2, 0.25) is 5.02 Å². The molecule has 2 aromatic heterocycles. The van der Waals surface area contributed by atoms with Crippen LogP contribution in [0.15, 0.2) is 41.3 Å². The Labute approximate surface area is 153 Å². The van der Waals surface area contributed by atoms with Crippen molar-refractivity contribution in [2.75, 3.05) is 5.32 Å². The molecule has 9 heteroatoms. The van der Waals surface area contributed by atoms with Gasteiger partial charge in [0.2, 0.25) is 5.43 Å². The number of fused-ring (bicyclic) bond motifs is 2. The maximum atomic E-state index is 13.9. The van der Waals surface area contributed by atoms with Gasteiger partial charge in [-0.1, -0.05) is 22.9 Å². The van der Waals surface area contributed by atoms with Crippen molar-refractivity contribution < 1.29 is 13.6 Å². The molecule has 26 heavy (non-hydrogen) atoms. The van der Waals surface area contributed by atoms with E-state index in [-0.39, 0.29) is 21.6 Å². The highest BCUT2D eigenvalue weighted by Gasteiger charge is 2.18. The Hall–Kier alpha value is -2.84. The number of amides is 1. The average molecular weight is 392 g/mol. The number of aromatic nitrogens is 2. The Morgan fingerprint density at radius 1 is 1.23 bits per heavy atom. The van der Waals surface area contributed by atoms with Crippen molar-refractivity contribution in [1.82, 2.24) is 9.97 Å². The second kappa shape index (κ2) is 6.15. The smallest absolute Gasteiger partial charge is 0.262 e. The molecule has 5 nitrogen and oxygen atoms in total. The molecule has 4 aromatic rings. The van der Waals surface area contributed by atoms with Crippen molar-refractivity contribution in [3.63, 3.8) is 0 Å². The summed E-state index contributed by atoms with van der Waals surface area (Å²) in [6.45, 7) is 0. The molecule has 0 radical (unpaired) electrons. The number of nitrogens with zero attached hydrogens (tertiary/aromatic N) is 1. The van der Waals surface area contributed by atoms with Gasteiger partial charge in [0, 0.05) is 17.3 Å². The largest absolute Gasteiger partial charge is 0.360 e. The van der Waals surface area contributed by atoms with Gasteiger partial charge in [0.05, 0.1) is 21.1 Å². The van der Waals surface area contributed by atoms with E-state index in [2.05, 4.69) is 15.3 Å². The van der Waals surface area contributed by atoms with Gasteiger partial charge in [-0.2, -0.15) is 0 Å². The Kier molecular flexibility index (Phi) is 3.93. The molecular formula is C17H8ClF2N3O2S. The summed E-state index contributed by atoms with van der Waals surface area (Å²) in [5.74, 6) is -2.61. The fraction of sp³-hybridized carbons (Fsp3) is 0. The van der Waals surface area contributed by atoms with Crippen LogP contribution in [0.1, 0.15) is 10.4 Å². The number of carbonyl (C=O) groups is 1. The zero-order valence-electron chi connectivity index (χ0n) is 12.8. The molecule has 2 N–H and O–H groups in total. The van der Waals surface area contributed by atoms with Crippen LogP contribution >= 0.6 is 22.9 Å². The van der Waals surface area contributed by atoms with Crippen molar-refractivity contribution >= 4 is 55.1 Å². The standard InChI is InChI=1S/C17H8ClF2N3O2S/c18-7-1-2-11-13(3-7)26-17(22-11)23-16(25)9-6-21-12-5-8(19)4-10(20)14(12)15(9)24/h1-6H,(H,21,24)(H,22,23,25). The van der Waals surface area contributed by atoms with Gasteiger partial charge >= 0.3 is 0 Å². The van der Waals surface area contributed by atoms with Crippen LogP contribution in [-0.2, 0) is 0 Å². The zero-order chi connectivity index (χ0) is 18.4. The highest BCUT2D eigenvalue weighted by atomic mass is 35.5. The Bertz CT molecular complexity index is 1250. The number of hydrogen-bond acceptors (Lipinski definition) is 4. The summed E-state index contributed by atoms with van der Waals surface area (Å²) >= 11 is 7.10. The first-order chi connectivity index (χ1) is 12.4. The number of pyridine rings is 1. The third-order valence-electron chi connectivity index (χ3n) is 3.71. The van der Waals surface area contributed by atoms with Crippen molar-refractivity contribution in [3.05, 3.63) is 69.0 Å².